The molecule has 14 heavy (non-hydrogen) atoms. The van der Waals surface area contributed by atoms with Crippen LogP contribution >= 0.6 is 0 Å². The Morgan fingerprint density at radius 2 is 2.00 bits per heavy atom. The van der Waals surface area contributed by atoms with Crippen molar-refractivity contribution in [1.82, 2.24) is 0 Å². The highest BCUT2D eigenvalue weighted by molar-refractivity contribution is 6.12. The molecule has 3 nitrogen and oxygen atoms in total. The largest absolute Gasteiger partial charge is 0.366 e. The summed E-state index contributed by atoms with van der Waals surface area (Å²) in [5.74, 6) is -0.891. The van der Waals surface area contributed by atoms with Gasteiger partial charge in [0.15, 0.2) is 5.78 Å². The van der Waals surface area contributed by atoms with Gasteiger partial charge in [-0.2, -0.15) is 0 Å². The van der Waals surface area contributed by atoms with Crippen molar-refractivity contribution in [3.8, 4) is 0 Å². The molecule has 1 amide bonds. The fourth-order valence-electron chi connectivity index (χ4n) is 1.19. The zero-order valence-electron chi connectivity index (χ0n) is 7.91. The number of rotatable bonds is 3. The highest BCUT2D eigenvalue weighted by atomic mass is 16.1. The minimum Gasteiger partial charge on any atom is -0.366 e. The van der Waals surface area contributed by atoms with Gasteiger partial charge in [0.1, 0.15) is 0 Å². The van der Waals surface area contributed by atoms with Gasteiger partial charge < -0.3 is 5.73 Å². The summed E-state index contributed by atoms with van der Waals surface area (Å²) < 4.78 is 0. The van der Waals surface area contributed by atoms with Crippen LogP contribution in [-0.2, 0) is 0 Å². The van der Waals surface area contributed by atoms with Gasteiger partial charge in [0.2, 0.25) is 5.91 Å². The third-order valence-electron chi connectivity index (χ3n) is 1.89. The second-order valence-electron chi connectivity index (χ2n) is 2.98. The number of carbonyl (C=O) groups is 2. The first kappa shape index (κ1) is 10.2. The zero-order chi connectivity index (χ0) is 10.7. The second-order valence-corrected chi connectivity index (χ2v) is 2.98. The standard InChI is InChI=1S/C11H11NO2/c1-3-10(13)9-6-7(2)4-5-8(9)11(12)14/h3-6H,1H2,2H3,(H2,12,14). The number of ketones is 1. The lowest BCUT2D eigenvalue weighted by molar-refractivity contribution is 0.0983. The summed E-state index contributed by atoms with van der Waals surface area (Å²) in [6, 6.07) is 4.92. The number of amides is 1. The van der Waals surface area contributed by atoms with Gasteiger partial charge in [0.25, 0.3) is 0 Å². The monoisotopic (exact) mass is 189 g/mol. The number of primary amides is 1. The first-order chi connectivity index (χ1) is 6.56. The van der Waals surface area contributed by atoms with E-state index in [-0.39, 0.29) is 11.3 Å². The van der Waals surface area contributed by atoms with Gasteiger partial charge in [-0.25, -0.2) is 0 Å². The Morgan fingerprint density at radius 1 is 1.36 bits per heavy atom. The summed E-state index contributed by atoms with van der Waals surface area (Å²) in [5.41, 5.74) is 6.58. The molecule has 72 valence electrons. The van der Waals surface area contributed by atoms with Crippen LogP contribution in [0.25, 0.3) is 0 Å². The molecular formula is C11H11NO2. The second kappa shape index (κ2) is 3.87. The number of aryl methyl sites for hydroxylation is 1. The Morgan fingerprint density at radius 3 is 2.50 bits per heavy atom. The summed E-state index contributed by atoms with van der Waals surface area (Å²) in [5, 5.41) is 0. The van der Waals surface area contributed by atoms with Crippen LogP contribution < -0.4 is 5.73 Å². The average molecular weight is 189 g/mol. The molecule has 1 aromatic carbocycles. The topological polar surface area (TPSA) is 60.2 Å². The normalized spacial score (nSPS) is 9.50. The fraction of sp³-hybridized carbons (Fsp3) is 0.0909. The van der Waals surface area contributed by atoms with E-state index in [1.54, 1.807) is 18.2 Å². The fourth-order valence-corrected chi connectivity index (χ4v) is 1.19. The first-order valence-corrected chi connectivity index (χ1v) is 4.13. The average Bonchev–Trinajstić information content (AvgIpc) is 2.16. The summed E-state index contributed by atoms with van der Waals surface area (Å²) in [7, 11) is 0. The number of benzene rings is 1. The lowest BCUT2D eigenvalue weighted by Gasteiger charge is -2.03. The van der Waals surface area contributed by atoms with Gasteiger partial charge in [-0.1, -0.05) is 18.2 Å². The van der Waals surface area contributed by atoms with Gasteiger partial charge >= 0.3 is 0 Å². The Labute approximate surface area is 82.2 Å². The molecule has 0 radical (unpaired) electrons. The van der Waals surface area contributed by atoms with Crippen LogP contribution in [0.4, 0.5) is 0 Å². The Kier molecular flexibility index (Phi) is 2.82. The highest BCUT2D eigenvalue weighted by Crippen LogP contribution is 2.12. The van der Waals surface area contributed by atoms with E-state index in [2.05, 4.69) is 6.58 Å². The van der Waals surface area contributed by atoms with Crippen molar-refractivity contribution in [2.75, 3.05) is 0 Å². The maximum atomic E-state index is 11.4. The van der Waals surface area contributed by atoms with Gasteiger partial charge in [-0.05, 0) is 25.1 Å². The van der Waals surface area contributed by atoms with E-state index in [4.69, 9.17) is 5.73 Å². The summed E-state index contributed by atoms with van der Waals surface area (Å²) in [4.78, 5) is 22.4. The smallest absolute Gasteiger partial charge is 0.249 e. The van der Waals surface area contributed by atoms with Gasteiger partial charge in [0, 0.05) is 5.56 Å². The molecule has 0 spiro atoms. The molecule has 0 saturated heterocycles. The van der Waals surface area contributed by atoms with Crippen molar-refractivity contribution < 1.29 is 9.59 Å². The molecule has 0 unspecified atom stereocenters. The van der Waals surface area contributed by atoms with E-state index < -0.39 is 5.91 Å². The molecule has 0 aromatic heterocycles. The molecule has 0 aliphatic carbocycles. The predicted octanol–water partition coefficient (Wildman–Crippen LogP) is 1.46. The number of carbonyl (C=O) groups excluding carboxylic acids is 2. The molecular weight excluding hydrogens is 178 g/mol. The minimum atomic E-state index is -0.602. The van der Waals surface area contributed by atoms with E-state index in [0.717, 1.165) is 5.56 Å². The van der Waals surface area contributed by atoms with E-state index in [9.17, 15) is 9.59 Å². The molecule has 0 aliphatic rings. The molecule has 0 atom stereocenters. The molecule has 1 rings (SSSR count). The third kappa shape index (κ3) is 1.88. The number of hydrogen-bond donors (Lipinski definition) is 1. The van der Waals surface area contributed by atoms with Crippen LogP contribution in [0, 0.1) is 6.92 Å². The Bertz CT molecular complexity index is 408. The summed E-state index contributed by atoms with van der Waals surface area (Å²) in [6.45, 7) is 5.20. The van der Waals surface area contributed by atoms with Crippen LogP contribution in [-0.4, -0.2) is 11.7 Å². The maximum absolute atomic E-state index is 11.4. The van der Waals surface area contributed by atoms with Crippen LogP contribution in [0.1, 0.15) is 26.3 Å². The zero-order valence-corrected chi connectivity index (χ0v) is 7.91. The predicted molar refractivity (Wildman–Crippen MR) is 54.2 cm³/mol. The van der Waals surface area contributed by atoms with E-state index in [1.165, 1.54) is 6.08 Å². The van der Waals surface area contributed by atoms with Gasteiger partial charge in [0.05, 0.1) is 5.56 Å². The van der Waals surface area contributed by atoms with Crippen molar-refractivity contribution in [2.45, 2.75) is 6.92 Å². The van der Waals surface area contributed by atoms with E-state index in [1.807, 2.05) is 6.92 Å². The van der Waals surface area contributed by atoms with Crippen LogP contribution in [0.5, 0.6) is 0 Å². The van der Waals surface area contributed by atoms with Crippen molar-refractivity contribution in [3.63, 3.8) is 0 Å². The Balaban J connectivity index is 3.36. The number of nitrogens with two attached hydrogens (primary N) is 1. The molecule has 0 saturated carbocycles. The lowest BCUT2D eigenvalue weighted by Crippen LogP contribution is -2.15. The molecule has 0 heterocycles. The molecule has 3 heteroatoms. The quantitative estimate of drug-likeness (QED) is 0.578. The van der Waals surface area contributed by atoms with Crippen molar-refractivity contribution in [1.29, 1.82) is 0 Å². The molecule has 0 fully saturated rings. The SMILES string of the molecule is C=CC(=O)c1cc(C)ccc1C(N)=O. The van der Waals surface area contributed by atoms with Crippen molar-refractivity contribution in [3.05, 3.63) is 47.5 Å². The highest BCUT2D eigenvalue weighted by Gasteiger charge is 2.12. The van der Waals surface area contributed by atoms with Gasteiger partial charge in [-0.15, -0.1) is 0 Å². The molecule has 0 aliphatic heterocycles. The lowest BCUT2D eigenvalue weighted by atomic mass is 10.0. The molecule has 1 aromatic rings. The Hall–Kier alpha value is -1.90. The third-order valence-corrected chi connectivity index (χ3v) is 1.89. The number of hydrogen-bond acceptors (Lipinski definition) is 2. The number of allylic oxidation sites excluding steroid dienone is 1. The van der Waals surface area contributed by atoms with Crippen LogP contribution in [0.3, 0.4) is 0 Å². The van der Waals surface area contributed by atoms with E-state index in [0.29, 0.717) is 5.56 Å². The van der Waals surface area contributed by atoms with Crippen LogP contribution in [0.2, 0.25) is 0 Å². The van der Waals surface area contributed by atoms with Crippen molar-refractivity contribution >= 4 is 11.7 Å². The van der Waals surface area contributed by atoms with Gasteiger partial charge in [-0.3, -0.25) is 9.59 Å². The van der Waals surface area contributed by atoms with E-state index >= 15 is 0 Å². The minimum absolute atomic E-state index is 0.237. The molecule has 2 N–H and O–H groups in total. The first-order valence-electron chi connectivity index (χ1n) is 4.13. The van der Waals surface area contributed by atoms with Crippen molar-refractivity contribution in [2.24, 2.45) is 5.73 Å². The molecule has 0 bridgehead atoms. The summed E-state index contributed by atoms with van der Waals surface area (Å²) >= 11 is 0. The van der Waals surface area contributed by atoms with Crippen LogP contribution in [0.15, 0.2) is 30.9 Å². The maximum Gasteiger partial charge on any atom is 0.249 e. The summed E-state index contributed by atoms with van der Waals surface area (Å²) in [6.07, 6.45) is 1.17.